The van der Waals surface area contributed by atoms with Crippen LogP contribution in [0.25, 0.3) is 10.9 Å². The molecule has 4 nitrogen and oxygen atoms in total. The standard InChI is InChI=1S/C26H22FN3O/c27-22-10-2-1-6-20(22)16-18-12-13-23(29-17-18)24-11-5-15-30(24)26(31)21-9-3-7-19-8-4-14-28-25(19)21/h1-4,6-10,12-14,17,24H,5,11,15-16H2/t24-/m1/s1. The second kappa shape index (κ2) is 8.26. The summed E-state index contributed by atoms with van der Waals surface area (Å²) >= 11 is 0. The van der Waals surface area contributed by atoms with Crippen LogP contribution >= 0.6 is 0 Å². The van der Waals surface area contributed by atoms with Gasteiger partial charge in [-0.05, 0) is 48.2 Å². The van der Waals surface area contributed by atoms with Crippen molar-refractivity contribution < 1.29 is 9.18 Å². The molecule has 31 heavy (non-hydrogen) atoms. The molecule has 0 spiro atoms. The minimum absolute atomic E-state index is 0.0102. The van der Waals surface area contributed by atoms with Crippen molar-refractivity contribution in [3.05, 3.63) is 107 Å². The predicted molar refractivity (Wildman–Crippen MR) is 118 cm³/mol. The van der Waals surface area contributed by atoms with Gasteiger partial charge in [0.05, 0.1) is 22.8 Å². The fourth-order valence-electron chi connectivity index (χ4n) is 4.35. The molecule has 0 unspecified atom stereocenters. The number of halogens is 1. The van der Waals surface area contributed by atoms with Crippen LogP contribution in [-0.4, -0.2) is 27.3 Å². The average Bonchev–Trinajstić information content (AvgIpc) is 3.30. The minimum atomic E-state index is -0.206. The van der Waals surface area contributed by atoms with Gasteiger partial charge in [0.1, 0.15) is 5.82 Å². The summed E-state index contributed by atoms with van der Waals surface area (Å²) in [6, 6.07) is 20.2. The van der Waals surface area contributed by atoms with Crippen molar-refractivity contribution in [2.75, 3.05) is 6.54 Å². The molecular formula is C26H22FN3O. The highest BCUT2D eigenvalue weighted by atomic mass is 19.1. The fraction of sp³-hybridized carbons (Fsp3) is 0.192. The van der Waals surface area contributed by atoms with E-state index in [1.807, 2.05) is 53.4 Å². The van der Waals surface area contributed by atoms with Crippen molar-refractivity contribution >= 4 is 16.8 Å². The molecule has 0 aliphatic carbocycles. The van der Waals surface area contributed by atoms with Gasteiger partial charge in [-0.2, -0.15) is 0 Å². The first-order valence-corrected chi connectivity index (χ1v) is 10.5. The minimum Gasteiger partial charge on any atom is -0.330 e. The van der Waals surface area contributed by atoms with Gasteiger partial charge in [0.2, 0.25) is 0 Å². The number of carbonyl (C=O) groups is 1. The zero-order valence-corrected chi connectivity index (χ0v) is 17.0. The summed E-state index contributed by atoms with van der Waals surface area (Å²) in [5.74, 6) is -0.216. The number of fused-ring (bicyclic) bond motifs is 1. The third-order valence-electron chi connectivity index (χ3n) is 5.92. The topological polar surface area (TPSA) is 46.1 Å². The lowest BCUT2D eigenvalue weighted by atomic mass is 10.0. The molecular weight excluding hydrogens is 389 g/mol. The van der Waals surface area contributed by atoms with E-state index in [0.717, 1.165) is 35.0 Å². The maximum Gasteiger partial charge on any atom is 0.256 e. The van der Waals surface area contributed by atoms with E-state index < -0.39 is 0 Å². The number of hydrogen-bond donors (Lipinski definition) is 0. The molecule has 154 valence electrons. The van der Waals surface area contributed by atoms with Crippen LogP contribution in [0.2, 0.25) is 0 Å². The van der Waals surface area contributed by atoms with Crippen LogP contribution < -0.4 is 0 Å². The Bertz CT molecular complexity index is 1230. The van der Waals surface area contributed by atoms with Crippen LogP contribution in [0.15, 0.2) is 79.1 Å². The highest BCUT2D eigenvalue weighted by Crippen LogP contribution is 2.33. The van der Waals surface area contributed by atoms with Gasteiger partial charge in [0, 0.05) is 30.7 Å². The van der Waals surface area contributed by atoms with Crippen LogP contribution in [0, 0.1) is 5.82 Å². The summed E-state index contributed by atoms with van der Waals surface area (Å²) in [5, 5.41) is 0.958. The van der Waals surface area contributed by atoms with Crippen molar-refractivity contribution in [3.8, 4) is 0 Å². The number of aromatic nitrogens is 2. The Morgan fingerprint density at radius 3 is 2.71 bits per heavy atom. The Balaban J connectivity index is 1.39. The van der Waals surface area contributed by atoms with Crippen LogP contribution in [0.3, 0.4) is 0 Å². The zero-order chi connectivity index (χ0) is 21.2. The van der Waals surface area contributed by atoms with Crippen LogP contribution in [-0.2, 0) is 6.42 Å². The Labute approximate surface area is 180 Å². The average molecular weight is 411 g/mol. The number of rotatable bonds is 4. The van der Waals surface area contributed by atoms with Gasteiger partial charge in [0.15, 0.2) is 0 Å². The molecule has 1 saturated heterocycles. The van der Waals surface area contributed by atoms with E-state index in [-0.39, 0.29) is 17.8 Å². The van der Waals surface area contributed by atoms with E-state index in [0.29, 0.717) is 24.1 Å². The molecule has 2 aromatic heterocycles. The Morgan fingerprint density at radius 1 is 1.00 bits per heavy atom. The largest absolute Gasteiger partial charge is 0.330 e. The van der Waals surface area contributed by atoms with Gasteiger partial charge in [-0.15, -0.1) is 0 Å². The van der Waals surface area contributed by atoms with Crippen molar-refractivity contribution in [2.45, 2.75) is 25.3 Å². The van der Waals surface area contributed by atoms with Crippen molar-refractivity contribution in [1.29, 1.82) is 0 Å². The number of carbonyl (C=O) groups excluding carboxylic acids is 1. The maximum absolute atomic E-state index is 13.9. The Hall–Kier alpha value is -3.60. The van der Waals surface area contributed by atoms with E-state index >= 15 is 0 Å². The van der Waals surface area contributed by atoms with Crippen LogP contribution in [0.5, 0.6) is 0 Å². The second-order valence-corrected chi connectivity index (χ2v) is 7.90. The smallest absolute Gasteiger partial charge is 0.256 e. The van der Waals surface area contributed by atoms with Gasteiger partial charge in [-0.3, -0.25) is 14.8 Å². The van der Waals surface area contributed by atoms with Gasteiger partial charge >= 0.3 is 0 Å². The number of amides is 1. The first-order valence-electron chi connectivity index (χ1n) is 10.5. The van der Waals surface area contributed by atoms with Crippen LogP contribution in [0.4, 0.5) is 4.39 Å². The van der Waals surface area contributed by atoms with Gasteiger partial charge < -0.3 is 4.90 Å². The van der Waals surface area contributed by atoms with Crippen molar-refractivity contribution in [1.82, 2.24) is 14.9 Å². The summed E-state index contributed by atoms with van der Waals surface area (Å²) < 4.78 is 13.9. The van der Waals surface area contributed by atoms with E-state index in [2.05, 4.69) is 9.97 Å². The molecule has 1 amide bonds. The highest BCUT2D eigenvalue weighted by Gasteiger charge is 2.32. The number of pyridine rings is 2. The lowest BCUT2D eigenvalue weighted by Gasteiger charge is -2.25. The number of nitrogens with zero attached hydrogens (tertiary/aromatic N) is 3. The fourth-order valence-corrected chi connectivity index (χ4v) is 4.35. The molecule has 0 saturated carbocycles. The first-order chi connectivity index (χ1) is 15.2. The third-order valence-corrected chi connectivity index (χ3v) is 5.92. The van der Waals surface area contributed by atoms with Crippen molar-refractivity contribution in [3.63, 3.8) is 0 Å². The summed E-state index contributed by atoms with van der Waals surface area (Å²) in [7, 11) is 0. The van der Waals surface area contributed by atoms with Crippen molar-refractivity contribution in [2.24, 2.45) is 0 Å². The number of para-hydroxylation sites is 1. The SMILES string of the molecule is O=C(c1cccc2cccnc12)N1CCC[C@@H]1c1ccc(Cc2ccccc2F)cn1. The molecule has 5 rings (SSSR count). The van der Waals surface area contributed by atoms with E-state index in [1.54, 1.807) is 24.5 Å². The molecule has 1 atom stereocenters. The third kappa shape index (κ3) is 3.79. The van der Waals surface area contributed by atoms with Gasteiger partial charge in [-0.1, -0.05) is 42.5 Å². The first kappa shape index (κ1) is 19.4. The maximum atomic E-state index is 13.9. The molecule has 0 radical (unpaired) electrons. The number of likely N-dealkylation sites (tertiary alicyclic amines) is 1. The zero-order valence-electron chi connectivity index (χ0n) is 17.0. The summed E-state index contributed by atoms with van der Waals surface area (Å²) in [6.07, 6.45) is 5.82. The van der Waals surface area contributed by atoms with E-state index in [4.69, 9.17) is 0 Å². The lowest BCUT2D eigenvalue weighted by molar-refractivity contribution is 0.0734. The molecule has 1 fully saturated rings. The molecule has 2 aromatic carbocycles. The molecule has 1 aliphatic rings. The second-order valence-electron chi connectivity index (χ2n) is 7.90. The van der Waals surface area contributed by atoms with Crippen LogP contribution in [0.1, 0.15) is 46.1 Å². The molecule has 0 N–H and O–H groups in total. The summed E-state index contributed by atoms with van der Waals surface area (Å²) in [4.78, 5) is 24.4. The lowest BCUT2D eigenvalue weighted by Crippen LogP contribution is -2.31. The molecule has 4 aromatic rings. The normalized spacial score (nSPS) is 16.0. The highest BCUT2D eigenvalue weighted by molar-refractivity contribution is 6.05. The number of hydrogen-bond acceptors (Lipinski definition) is 3. The molecule has 1 aliphatic heterocycles. The predicted octanol–water partition coefficient (Wildman–Crippen LogP) is 5.34. The monoisotopic (exact) mass is 411 g/mol. The summed E-state index contributed by atoms with van der Waals surface area (Å²) in [5.41, 5.74) is 3.83. The number of benzene rings is 2. The Kier molecular flexibility index (Phi) is 5.16. The molecule has 3 heterocycles. The molecule has 5 heteroatoms. The quantitative estimate of drug-likeness (QED) is 0.456. The van der Waals surface area contributed by atoms with Gasteiger partial charge in [0.25, 0.3) is 5.91 Å². The summed E-state index contributed by atoms with van der Waals surface area (Å²) in [6.45, 7) is 0.700. The van der Waals surface area contributed by atoms with E-state index in [9.17, 15) is 9.18 Å². The molecule has 0 bridgehead atoms. The van der Waals surface area contributed by atoms with E-state index in [1.165, 1.54) is 6.07 Å². The van der Waals surface area contributed by atoms with Gasteiger partial charge in [-0.25, -0.2) is 4.39 Å². The Morgan fingerprint density at radius 2 is 1.87 bits per heavy atom.